The lowest BCUT2D eigenvalue weighted by atomic mass is 9.78. The highest BCUT2D eigenvalue weighted by atomic mass is 19.1. The topological polar surface area (TPSA) is 48.0 Å². The van der Waals surface area contributed by atoms with E-state index < -0.39 is 0 Å². The number of methoxy groups -OCH3 is 1. The molecule has 0 aliphatic carbocycles. The molecule has 5 nitrogen and oxygen atoms in total. The average Bonchev–Trinajstić information content (AvgIpc) is 2.68. The Bertz CT molecular complexity index is 599. The number of amides is 1. The van der Waals surface area contributed by atoms with E-state index in [0.717, 1.165) is 51.8 Å². The van der Waals surface area contributed by atoms with Crippen LogP contribution in [0.1, 0.15) is 38.5 Å². The molecule has 3 rings (SSSR count). The molecule has 27 heavy (non-hydrogen) atoms. The van der Waals surface area contributed by atoms with E-state index in [1.54, 1.807) is 19.2 Å². The summed E-state index contributed by atoms with van der Waals surface area (Å²) in [6.45, 7) is 3.42. The Hall–Kier alpha value is -1.66. The first-order valence-corrected chi connectivity index (χ1v) is 9.89. The van der Waals surface area contributed by atoms with Gasteiger partial charge < -0.3 is 19.1 Å². The number of likely N-dealkylation sites (tertiary alicyclic amines) is 1. The Morgan fingerprint density at radius 1 is 1.26 bits per heavy atom. The molecule has 1 spiro atoms. The van der Waals surface area contributed by atoms with E-state index in [1.807, 2.05) is 4.90 Å². The SMILES string of the molecule is COCCC(=O)N1CCC2(CC1)CC(CCOc1ccc(F)cc1)CCO2. The second-order valence-corrected chi connectivity index (χ2v) is 7.60. The van der Waals surface area contributed by atoms with E-state index in [0.29, 0.717) is 31.3 Å². The van der Waals surface area contributed by atoms with E-state index in [-0.39, 0.29) is 17.3 Å². The van der Waals surface area contributed by atoms with E-state index in [1.165, 1.54) is 12.1 Å². The molecule has 150 valence electrons. The summed E-state index contributed by atoms with van der Waals surface area (Å²) in [4.78, 5) is 14.1. The van der Waals surface area contributed by atoms with Crippen LogP contribution in [0.5, 0.6) is 5.75 Å². The molecule has 1 aromatic rings. The maximum Gasteiger partial charge on any atom is 0.224 e. The highest BCUT2D eigenvalue weighted by molar-refractivity contribution is 5.76. The smallest absolute Gasteiger partial charge is 0.224 e. The summed E-state index contributed by atoms with van der Waals surface area (Å²) >= 11 is 0. The third-order valence-electron chi connectivity index (χ3n) is 5.75. The summed E-state index contributed by atoms with van der Waals surface area (Å²) in [5.41, 5.74) is -0.0865. The summed E-state index contributed by atoms with van der Waals surface area (Å²) in [6.07, 6.45) is 5.31. The summed E-state index contributed by atoms with van der Waals surface area (Å²) in [7, 11) is 1.62. The number of benzene rings is 1. The maximum absolute atomic E-state index is 12.9. The van der Waals surface area contributed by atoms with Crippen molar-refractivity contribution in [3.63, 3.8) is 0 Å². The van der Waals surface area contributed by atoms with Gasteiger partial charge in [0.2, 0.25) is 5.91 Å². The Kier molecular flexibility index (Phi) is 7.07. The highest BCUT2D eigenvalue weighted by Gasteiger charge is 2.40. The summed E-state index contributed by atoms with van der Waals surface area (Å²) in [6, 6.07) is 6.16. The molecule has 1 unspecified atom stereocenters. The third kappa shape index (κ3) is 5.66. The Morgan fingerprint density at radius 3 is 2.70 bits per heavy atom. The van der Waals surface area contributed by atoms with Crippen molar-refractivity contribution in [1.82, 2.24) is 4.90 Å². The van der Waals surface area contributed by atoms with Gasteiger partial charge in [-0.25, -0.2) is 4.39 Å². The fourth-order valence-corrected chi connectivity index (χ4v) is 4.11. The van der Waals surface area contributed by atoms with E-state index in [4.69, 9.17) is 14.2 Å². The van der Waals surface area contributed by atoms with Gasteiger partial charge in [-0.3, -0.25) is 4.79 Å². The van der Waals surface area contributed by atoms with Gasteiger partial charge in [0.1, 0.15) is 11.6 Å². The van der Waals surface area contributed by atoms with Crippen molar-refractivity contribution in [2.45, 2.75) is 44.1 Å². The number of nitrogens with zero attached hydrogens (tertiary/aromatic N) is 1. The van der Waals surface area contributed by atoms with Crippen molar-refractivity contribution in [2.24, 2.45) is 5.92 Å². The van der Waals surface area contributed by atoms with Crippen LogP contribution in [0.25, 0.3) is 0 Å². The standard InChI is InChI=1S/C21H30FNO4/c1-25-13-8-20(24)23-11-9-21(10-12-23)16-17(7-15-27-21)6-14-26-19-4-2-18(22)3-5-19/h2-5,17H,6-16H2,1H3. The molecule has 0 saturated carbocycles. The molecule has 2 heterocycles. The first-order chi connectivity index (χ1) is 13.1. The average molecular weight is 379 g/mol. The number of piperidine rings is 1. The molecular weight excluding hydrogens is 349 g/mol. The minimum atomic E-state index is -0.249. The molecule has 1 aromatic carbocycles. The van der Waals surface area contributed by atoms with Crippen molar-refractivity contribution >= 4 is 5.91 Å². The Labute approximate surface area is 160 Å². The van der Waals surface area contributed by atoms with Crippen molar-refractivity contribution in [1.29, 1.82) is 0 Å². The van der Waals surface area contributed by atoms with Crippen LogP contribution >= 0.6 is 0 Å². The second-order valence-electron chi connectivity index (χ2n) is 7.60. The molecule has 0 radical (unpaired) electrons. The maximum atomic E-state index is 12.9. The molecule has 2 aliphatic rings. The van der Waals surface area contributed by atoms with Gasteiger partial charge in [-0.1, -0.05) is 0 Å². The lowest BCUT2D eigenvalue weighted by molar-refractivity contribution is -0.148. The fraction of sp³-hybridized carbons (Fsp3) is 0.667. The number of hydrogen-bond donors (Lipinski definition) is 0. The fourth-order valence-electron chi connectivity index (χ4n) is 4.11. The van der Waals surface area contributed by atoms with E-state index in [2.05, 4.69) is 0 Å². The summed E-state index contributed by atoms with van der Waals surface area (Å²) in [5.74, 6) is 1.20. The van der Waals surface area contributed by atoms with Crippen LogP contribution in [0, 0.1) is 11.7 Å². The van der Waals surface area contributed by atoms with Crippen molar-refractivity contribution in [3.05, 3.63) is 30.1 Å². The number of carbonyl (C=O) groups is 1. The second kappa shape index (κ2) is 9.51. The van der Waals surface area contributed by atoms with Crippen LogP contribution in [0.2, 0.25) is 0 Å². The van der Waals surface area contributed by atoms with Gasteiger partial charge in [-0.2, -0.15) is 0 Å². The molecule has 1 amide bonds. The van der Waals surface area contributed by atoms with Crippen molar-refractivity contribution < 1.29 is 23.4 Å². The molecule has 0 aromatic heterocycles. The number of carbonyl (C=O) groups excluding carboxylic acids is 1. The van der Waals surface area contributed by atoms with Crippen LogP contribution < -0.4 is 4.74 Å². The van der Waals surface area contributed by atoms with Gasteiger partial charge in [0.15, 0.2) is 0 Å². The summed E-state index contributed by atoms with van der Waals surface area (Å²) in [5, 5.41) is 0. The van der Waals surface area contributed by atoms with Crippen LogP contribution in [0.4, 0.5) is 4.39 Å². The zero-order chi connectivity index (χ0) is 19.1. The van der Waals surface area contributed by atoms with Crippen LogP contribution in [0.15, 0.2) is 24.3 Å². The van der Waals surface area contributed by atoms with Crippen LogP contribution in [-0.4, -0.2) is 56.4 Å². The predicted octanol–water partition coefficient (Wildman–Crippen LogP) is 3.42. The van der Waals surface area contributed by atoms with Crippen LogP contribution in [0.3, 0.4) is 0 Å². The molecule has 6 heteroatoms. The minimum absolute atomic E-state index is 0.0865. The third-order valence-corrected chi connectivity index (χ3v) is 5.75. The van der Waals surface area contributed by atoms with Crippen LogP contribution in [-0.2, 0) is 14.3 Å². The first kappa shape index (κ1) is 20.1. The summed E-state index contributed by atoms with van der Waals surface area (Å²) < 4.78 is 29.9. The van der Waals surface area contributed by atoms with E-state index >= 15 is 0 Å². The zero-order valence-corrected chi connectivity index (χ0v) is 16.1. The highest BCUT2D eigenvalue weighted by Crippen LogP contribution is 2.38. The van der Waals surface area contributed by atoms with E-state index in [9.17, 15) is 9.18 Å². The molecule has 0 bridgehead atoms. The number of rotatable bonds is 7. The lowest BCUT2D eigenvalue weighted by Crippen LogP contribution is -2.51. The number of hydrogen-bond acceptors (Lipinski definition) is 4. The molecule has 2 aliphatic heterocycles. The first-order valence-electron chi connectivity index (χ1n) is 9.89. The molecule has 0 N–H and O–H groups in total. The Balaban J connectivity index is 1.42. The minimum Gasteiger partial charge on any atom is -0.494 e. The van der Waals surface area contributed by atoms with Gasteiger partial charge in [0.25, 0.3) is 0 Å². The predicted molar refractivity (Wildman–Crippen MR) is 100 cm³/mol. The van der Waals surface area contributed by atoms with Gasteiger partial charge in [0.05, 0.1) is 25.2 Å². The largest absolute Gasteiger partial charge is 0.494 e. The normalized spacial score (nSPS) is 22.0. The number of halogens is 1. The zero-order valence-electron chi connectivity index (χ0n) is 16.1. The van der Waals surface area contributed by atoms with Crippen molar-refractivity contribution in [3.8, 4) is 5.75 Å². The van der Waals surface area contributed by atoms with Crippen molar-refractivity contribution in [2.75, 3.05) is 40.0 Å². The van der Waals surface area contributed by atoms with Gasteiger partial charge in [0, 0.05) is 26.8 Å². The Morgan fingerprint density at radius 2 is 2.00 bits per heavy atom. The molecule has 2 fully saturated rings. The molecule has 1 atom stereocenters. The number of ether oxygens (including phenoxy) is 3. The van der Waals surface area contributed by atoms with Gasteiger partial charge >= 0.3 is 0 Å². The molecule has 2 saturated heterocycles. The lowest BCUT2D eigenvalue weighted by Gasteiger charge is -2.46. The quantitative estimate of drug-likeness (QED) is 0.728. The monoisotopic (exact) mass is 379 g/mol. The van der Waals surface area contributed by atoms with Gasteiger partial charge in [-0.05, 0) is 62.3 Å². The van der Waals surface area contributed by atoms with Gasteiger partial charge in [-0.15, -0.1) is 0 Å². The molecular formula is C21H30FNO4.